The zero-order valence-corrected chi connectivity index (χ0v) is 13.0. The smallest absolute Gasteiger partial charge is 0.260 e. The van der Waals surface area contributed by atoms with Crippen LogP contribution in [-0.4, -0.2) is 50.2 Å². The third-order valence-corrected chi connectivity index (χ3v) is 3.81. The highest BCUT2D eigenvalue weighted by Gasteiger charge is 2.22. The molecule has 1 fully saturated rings. The standard InChI is InChI=1S/C16H24N2O3/c1-12(21-15-7-5-4-6-14(15)20-3)16(19)17-13-8-10-18(2)11-9-13/h4-7,12-13H,8-11H2,1-3H3,(H,17,19). The number of piperidine rings is 1. The first kappa shape index (κ1) is 15.6. The lowest BCUT2D eigenvalue weighted by Gasteiger charge is -2.30. The summed E-state index contributed by atoms with van der Waals surface area (Å²) in [5.41, 5.74) is 0. The minimum Gasteiger partial charge on any atom is -0.493 e. The summed E-state index contributed by atoms with van der Waals surface area (Å²) in [5.74, 6) is 1.15. The van der Waals surface area contributed by atoms with Crippen LogP contribution in [0, 0.1) is 0 Å². The molecule has 116 valence electrons. The lowest BCUT2D eigenvalue weighted by atomic mass is 10.1. The molecule has 1 atom stereocenters. The van der Waals surface area contributed by atoms with Gasteiger partial charge in [0, 0.05) is 6.04 Å². The largest absolute Gasteiger partial charge is 0.493 e. The topological polar surface area (TPSA) is 50.8 Å². The lowest BCUT2D eigenvalue weighted by Crippen LogP contribution is -2.47. The fourth-order valence-electron chi connectivity index (χ4n) is 2.43. The van der Waals surface area contributed by atoms with Gasteiger partial charge in [0.15, 0.2) is 17.6 Å². The molecule has 1 aromatic rings. The number of methoxy groups -OCH3 is 1. The summed E-state index contributed by atoms with van der Waals surface area (Å²) in [7, 11) is 3.69. The highest BCUT2D eigenvalue weighted by atomic mass is 16.5. The highest BCUT2D eigenvalue weighted by Crippen LogP contribution is 2.26. The van der Waals surface area contributed by atoms with Gasteiger partial charge < -0.3 is 19.7 Å². The van der Waals surface area contributed by atoms with Crippen molar-refractivity contribution < 1.29 is 14.3 Å². The maximum Gasteiger partial charge on any atom is 0.260 e. The molecule has 0 saturated carbocycles. The number of hydrogen-bond donors (Lipinski definition) is 1. The average molecular weight is 292 g/mol. The van der Waals surface area contributed by atoms with Gasteiger partial charge in [-0.25, -0.2) is 0 Å². The molecule has 21 heavy (non-hydrogen) atoms. The molecule has 2 rings (SSSR count). The molecular weight excluding hydrogens is 268 g/mol. The molecule has 1 saturated heterocycles. The number of carbonyl (C=O) groups excluding carboxylic acids is 1. The number of rotatable bonds is 5. The van der Waals surface area contributed by atoms with Crippen LogP contribution in [0.1, 0.15) is 19.8 Å². The maximum atomic E-state index is 12.2. The fourth-order valence-corrected chi connectivity index (χ4v) is 2.43. The molecular formula is C16H24N2O3. The number of nitrogens with one attached hydrogen (secondary N) is 1. The van der Waals surface area contributed by atoms with E-state index in [-0.39, 0.29) is 11.9 Å². The van der Waals surface area contributed by atoms with Gasteiger partial charge in [0.05, 0.1) is 7.11 Å². The molecule has 0 aliphatic carbocycles. The van der Waals surface area contributed by atoms with Gasteiger partial charge in [0.1, 0.15) is 0 Å². The number of para-hydroxylation sites is 2. The minimum atomic E-state index is -0.541. The van der Waals surface area contributed by atoms with E-state index < -0.39 is 6.10 Å². The van der Waals surface area contributed by atoms with Crippen molar-refractivity contribution in [3.63, 3.8) is 0 Å². The van der Waals surface area contributed by atoms with E-state index in [4.69, 9.17) is 9.47 Å². The number of carbonyl (C=O) groups is 1. The van der Waals surface area contributed by atoms with Gasteiger partial charge in [-0.05, 0) is 52.0 Å². The zero-order valence-electron chi connectivity index (χ0n) is 13.0. The first-order valence-corrected chi connectivity index (χ1v) is 7.38. The van der Waals surface area contributed by atoms with Crippen molar-refractivity contribution in [1.82, 2.24) is 10.2 Å². The predicted octanol–water partition coefficient (Wildman–Crippen LogP) is 1.67. The van der Waals surface area contributed by atoms with Crippen molar-refractivity contribution in [2.75, 3.05) is 27.2 Å². The van der Waals surface area contributed by atoms with Crippen LogP contribution in [-0.2, 0) is 4.79 Å². The van der Waals surface area contributed by atoms with E-state index in [1.807, 2.05) is 18.2 Å². The van der Waals surface area contributed by atoms with Crippen LogP contribution in [0.2, 0.25) is 0 Å². The fraction of sp³-hybridized carbons (Fsp3) is 0.562. The number of likely N-dealkylation sites (tertiary alicyclic amines) is 1. The zero-order chi connectivity index (χ0) is 15.2. The minimum absolute atomic E-state index is 0.0736. The van der Waals surface area contributed by atoms with E-state index >= 15 is 0 Å². The van der Waals surface area contributed by atoms with E-state index in [1.54, 1.807) is 20.1 Å². The molecule has 0 aromatic heterocycles. The van der Waals surface area contributed by atoms with Gasteiger partial charge >= 0.3 is 0 Å². The second-order valence-electron chi connectivity index (χ2n) is 5.50. The Labute approximate surface area is 126 Å². The van der Waals surface area contributed by atoms with E-state index in [9.17, 15) is 4.79 Å². The number of nitrogens with zero attached hydrogens (tertiary/aromatic N) is 1. The number of benzene rings is 1. The first-order valence-electron chi connectivity index (χ1n) is 7.38. The van der Waals surface area contributed by atoms with Crippen LogP contribution in [0.3, 0.4) is 0 Å². The van der Waals surface area contributed by atoms with Crippen LogP contribution >= 0.6 is 0 Å². The summed E-state index contributed by atoms with van der Waals surface area (Å²) in [6.07, 6.45) is 1.44. The Bertz CT molecular complexity index is 470. The second-order valence-corrected chi connectivity index (χ2v) is 5.50. The summed E-state index contributed by atoms with van der Waals surface area (Å²) in [4.78, 5) is 14.5. The summed E-state index contributed by atoms with van der Waals surface area (Å²) < 4.78 is 10.9. The van der Waals surface area contributed by atoms with Gasteiger partial charge in [0.2, 0.25) is 0 Å². The molecule has 0 radical (unpaired) electrons. The molecule has 5 nitrogen and oxygen atoms in total. The molecule has 5 heteroatoms. The van der Waals surface area contributed by atoms with E-state index in [1.165, 1.54) is 0 Å². The Morgan fingerprint density at radius 3 is 2.52 bits per heavy atom. The highest BCUT2D eigenvalue weighted by molar-refractivity contribution is 5.81. The SMILES string of the molecule is COc1ccccc1OC(C)C(=O)NC1CCN(C)CC1. The van der Waals surface area contributed by atoms with E-state index in [2.05, 4.69) is 17.3 Å². The van der Waals surface area contributed by atoms with Gasteiger partial charge in [-0.2, -0.15) is 0 Å². The summed E-state index contributed by atoms with van der Waals surface area (Å²) in [6, 6.07) is 7.60. The van der Waals surface area contributed by atoms with Crippen LogP contribution < -0.4 is 14.8 Å². The first-order chi connectivity index (χ1) is 10.1. The van der Waals surface area contributed by atoms with Crippen molar-refractivity contribution in [3.05, 3.63) is 24.3 Å². The molecule has 0 bridgehead atoms. The summed E-state index contributed by atoms with van der Waals surface area (Å²) >= 11 is 0. The molecule has 1 N–H and O–H groups in total. The van der Waals surface area contributed by atoms with E-state index in [0.717, 1.165) is 25.9 Å². The third kappa shape index (κ3) is 4.36. The predicted molar refractivity (Wildman–Crippen MR) is 81.7 cm³/mol. The lowest BCUT2D eigenvalue weighted by molar-refractivity contribution is -0.128. The van der Waals surface area contributed by atoms with Gasteiger partial charge in [-0.3, -0.25) is 4.79 Å². The molecule has 1 unspecified atom stereocenters. The van der Waals surface area contributed by atoms with Crippen LogP contribution in [0.25, 0.3) is 0 Å². The molecule has 1 aromatic carbocycles. The summed E-state index contributed by atoms with van der Waals surface area (Å²) in [5, 5.41) is 3.07. The molecule has 1 aliphatic heterocycles. The number of ether oxygens (including phenoxy) is 2. The van der Waals surface area contributed by atoms with Gasteiger partial charge in [-0.1, -0.05) is 12.1 Å². The van der Waals surface area contributed by atoms with Crippen molar-refractivity contribution in [1.29, 1.82) is 0 Å². The van der Waals surface area contributed by atoms with Crippen molar-refractivity contribution >= 4 is 5.91 Å². The maximum absolute atomic E-state index is 12.2. The Hall–Kier alpha value is -1.75. The Morgan fingerprint density at radius 2 is 1.90 bits per heavy atom. The Morgan fingerprint density at radius 1 is 1.29 bits per heavy atom. The van der Waals surface area contributed by atoms with Crippen LogP contribution in [0.15, 0.2) is 24.3 Å². The Balaban J connectivity index is 1.87. The summed E-state index contributed by atoms with van der Waals surface area (Å²) in [6.45, 7) is 3.80. The number of amides is 1. The number of hydrogen-bond acceptors (Lipinski definition) is 4. The van der Waals surface area contributed by atoms with Gasteiger partial charge in [-0.15, -0.1) is 0 Å². The van der Waals surface area contributed by atoms with Crippen molar-refractivity contribution in [2.24, 2.45) is 0 Å². The van der Waals surface area contributed by atoms with E-state index in [0.29, 0.717) is 11.5 Å². The quantitative estimate of drug-likeness (QED) is 0.897. The molecule has 0 spiro atoms. The van der Waals surface area contributed by atoms with Gasteiger partial charge in [0.25, 0.3) is 5.91 Å². The third-order valence-electron chi connectivity index (χ3n) is 3.81. The van der Waals surface area contributed by atoms with Crippen molar-refractivity contribution in [2.45, 2.75) is 31.9 Å². The Kier molecular flexibility index (Phi) is 5.44. The molecule has 1 heterocycles. The van der Waals surface area contributed by atoms with Crippen LogP contribution in [0.5, 0.6) is 11.5 Å². The monoisotopic (exact) mass is 292 g/mol. The van der Waals surface area contributed by atoms with Crippen LogP contribution in [0.4, 0.5) is 0 Å². The normalized spacial score (nSPS) is 18.0. The molecule has 1 amide bonds. The van der Waals surface area contributed by atoms with Crippen molar-refractivity contribution in [3.8, 4) is 11.5 Å². The second kappa shape index (κ2) is 7.31. The molecule has 1 aliphatic rings. The average Bonchev–Trinajstić information content (AvgIpc) is 2.50.